The maximum absolute atomic E-state index is 12.8. The molecule has 0 aliphatic carbocycles. The molecule has 4 rings (SSSR count). The van der Waals surface area contributed by atoms with E-state index in [4.69, 9.17) is 4.74 Å². The Morgan fingerprint density at radius 3 is 2.40 bits per heavy atom. The van der Waals surface area contributed by atoms with Gasteiger partial charge in [0, 0.05) is 37.7 Å². The Morgan fingerprint density at radius 1 is 1.00 bits per heavy atom. The molecule has 30 heavy (non-hydrogen) atoms. The number of aromatic nitrogens is 2. The van der Waals surface area contributed by atoms with Gasteiger partial charge in [-0.25, -0.2) is 8.42 Å². The van der Waals surface area contributed by atoms with Crippen molar-refractivity contribution in [3.05, 3.63) is 47.7 Å². The first kappa shape index (κ1) is 20.7. The molecule has 2 aliphatic rings. The molecular formula is C21H26N4O4S. The molecular weight excluding hydrogens is 404 g/mol. The van der Waals surface area contributed by atoms with Gasteiger partial charge in [0.15, 0.2) is 0 Å². The lowest BCUT2D eigenvalue weighted by Gasteiger charge is -2.26. The summed E-state index contributed by atoms with van der Waals surface area (Å²) < 4.78 is 32.9. The van der Waals surface area contributed by atoms with Crippen molar-refractivity contribution >= 4 is 15.9 Å². The number of nitrogens with zero attached hydrogens (tertiary/aromatic N) is 4. The minimum atomic E-state index is -3.49. The highest BCUT2D eigenvalue weighted by Gasteiger charge is 2.30. The molecule has 160 valence electrons. The summed E-state index contributed by atoms with van der Waals surface area (Å²) in [5.74, 6) is 0.324. The third-order valence-electron chi connectivity index (χ3n) is 5.55. The highest BCUT2D eigenvalue weighted by molar-refractivity contribution is 7.89. The van der Waals surface area contributed by atoms with E-state index in [9.17, 15) is 13.2 Å². The van der Waals surface area contributed by atoms with Crippen molar-refractivity contribution in [3.8, 4) is 5.88 Å². The highest BCUT2D eigenvalue weighted by Crippen LogP contribution is 2.22. The van der Waals surface area contributed by atoms with Gasteiger partial charge in [-0.2, -0.15) is 9.40 Å². The van der Waals surface area contributed by atoms with E-state index < -0.39 is 10.0 Å². The predicted molar refractivity (Wildman–Crippen MR) is 111 cm³/mol. The van der Waals surface area contributed by atoms with Crippen LogP contribution < -0.4 is 4.74 Å². The van der Waals surface area contributed by atoms with E-state index in [0.717, 1.165) is 25.0 Å². The highest BCUT2D eigenvalue weighted by atomic mass is 32.2. The van der Waals surface area contributed by atoms with Gasteiger partial charge in [0.1, 0.15) is 6.10 Å². The van der Waals surface area contributed by atoms with Gasteiger partial charge in [-0.3, -0.25) is 4.79 Å². The van der Waals surface area contributed by atoms with Gasteiger partial charge < -0.3 is 9.64 Å². The fourth-order valence-corrected chi connectivity index (χ4v) is 5.35. The molecule has 8 nitrogen and oxygen atoms in total. The van der Waals surface area contributed by atoms with Crippen LogP contribution in [-0.2, 0) is 10.0 Å². The van der Waals surface area contributed by atoms with Crippen molar-refractivity contribution in [2.24, 2.45) is 0 Å². The molecule has 1 unspecified atom stereocenters. The van der Waals surface area contributed by atoms with Crippen LogP contribution in [0.3, 0.4) is 0 Å². The molecule has 1 aromatic carbocycles. The molecule has 2 aliphatic heterocycles. The molecule has 2 saturated heterocycles. The molecule has 9 heteroatoms. The van der Waals surface area contributed by atoms with E-state index in [2.05, 4.69) is 10.2 Å². The Balaban J connectivity index is 1.38. The van der Waals surface area contributed by atoms with Crippen LogP contribution in [0.15, 0.2) is 41.3 Å². The third kappa shape index (κ3) is 4.46. The number of piperidine rings is 1. The van der Waals surface area contributed by atoms with Crippen molar-refractivity contribution in [3.63, 3.8) is 0 Å². The lowest BCUT2D eigenvalue weighted by atomic mass is 10.2. The predicted octanol–water partition coefficient (Wildman–Crippen LogP) is 2.25. The summed E-state index contributed by atoms with van der Waals surface area (Å²) in [5, 5.41) is 7.98. The summed E-state index contributed by atoms with van der Waals surface area (Å²) in [6.07, 6.45) is 3.42. The number of ether oxygens (including phenoxy) is 1. The number of hydrogen-bond acceptors (Lipinski definition) is 6. The molecule has 1 aromatic heterocycles. The van der Waals surface area contributed by atoms with Crippen molar-refractivity contribution in [1.29, 1.82) is 0 Å². The van der Waals surface area contributed by atoms with Gasteiger partial charge in [0.2, 0.25) is 15.9 Å². The number of amides is 1. The molecule has 0 radical (unpaired) electrons. The molecule has 2 aromatic rings. The van der Waals surface area contributed by atoms with E-state index in [-0.39, 0.29) is 16.9 Å². The molecule has 3 heterocycles. The Morgan fingerprint density at radius 2 is 1.73 bits per heavy atom. The molecule has 0 N–H and O–H groups in total. The minimum absolute atomic E-state index is 0.127. The number of sulfonamides is 1. The normalized spacial score (nSPS) is 20.3. The maximum Gasteiger partial charge on any atom is 0.253 e. The fraction of sp³-hybridized carbons (Fsp3) is 0.476. The fourth-order valence-electron chi connectivity index (χ4n) is 3.84. The Bertz CT molecular complexity index is 987. The second kappa shape index (κ2) is 8.69. The molecule has 1 amide bonds. The van der Waals surface area contributed by atoms with Gasteiger partial charge in [-0.1, -0.05) is 6.42 Å². The van der Waals surface area contributed by atoms with Crippen molar-refractivity contribution in [2.75, 3.05) is 26.2 Å². The SMILES string of the molecule is Cc1ccc(OC2CCN(C(=O)c3ccc(S(=O)(=O)N4CCCCC4)cc3)C2)nn1. The van der Waals surface area contributed by atoms with Crippen LogP contribution in [0.2, 0.25) is 0 Å². The average Bonchev–Trinajstić information content (AvgIpc) is 3.24. The number of benzene rings is 1. The smallest absolute Gasteiger partial charge is 0.253 e. The number of carbonyl (C=O) groups is 1. The summed E-state index contributed by atoms with van der Waals surface area (Å²) in [6, 6.07) is 9.86. The molecule has 0 spiro atoms. The quantitative estimate of drug-likeness (QED) is 0.722. The average molecular weight is 431 g/mol. The topological polar surface area (TPSA) is 92.7 Å². The third-order valence-corrected chi connectivity index (χ3v) is 7.46. The van der Waals surface area contributed by atoms with Crippen molar-refractivity contribution in [1.82, 2.24) is 19.4 Å². The van der Waals surface area contributed by atoms with Gasteiger partial charge in [-0.05, 0) is 50.1 Å². The van der Waals surface area contributed by atoms with Crippen LogP contribution in [-0.4, -0.2) is 66.0 Å². The van der Waals surface area contributed by atoms with Gasteiger partial charge in [0.25, 0.3) is 5.91 Å². The standard InChI is InChI=1S/C21H26N4O4S/c1-16-5-10-20(23-22-16)29-18-11-14-24(15-18)21(26)17-6-8-19(9-7-17)30(27,28)25-12-3-2-4-13-25/h5-10,18H,2-4,11-15H2,1H3. The van der Waals surface area contributed by atoms with Gasteiger partial charge in [-0.15, -0.1) is 5.10 Å². The first-order valence-electron chi connectivity index (χ1n) is 10.3. The summed E-state index contributed by atoms with van der Waals surface area (Å²) >= 11 is 0. The van der Waals surface area contributed by atoms with Crippen LogP contribution in [0, 0.1) is 6.92 Å². The Hall–Kier alpha value is -2.52. The van der Waals surface area contributed by atoms with Gasteiger partial charge >= 0.3 is 0 Å². The molecule has 2 fully saturated rings. The molecule has 0 bridgehead atoms. The first-order chi connectivity index (χ1) is 14.4. The number of likely N-dealkylation sites (tertiary alicyclic amines) is 1. The molecule has 0 saturated carbocycles. The second-order valence-corrected chi connectivity index (χ2v) is 9.72. The Kier molecular flexibility index (Phi) is 6.01. The molecule has 1 atom stereocenters. The summed E-state index contributed by atoms with van der Waals surface area (Å²) in [5.41, 5.74) is 1.29. The van der Waals surface area contributed by atoms with E-state index in [0.29, 0.717) is 44.0 Å². The maximum atomic E-state index is 12.8. The van der Waals surface area contributed by atoms with E-state index >= 15 is 0 Å². The van der Waals surface area contributed by atoms with Crippen LogP contribution in [0.25, 0.3) is 0 Å². The minimum Gasteiger partial charge on any atom is -0.471 e. The van der Waals surface area contributed by atoms with Crippen LogP contribution in [0.5, 0.6) is 5.88 Å². The van der Waals surface area contributed by atoms with E-state index in [1.165, 1.54) is 16.4 Å². The summed E-state index contributed by atoms with van der Waals surface area (Å²) in [6.45, 7) is 4.02. The van der Waals surface area contributed by atoms with E-state index in [1.54, 1.807) is 23.1 Å². The first-order valence-corrected chi connectivity index (χ1v) is 11.7. The zero-order valence-electron chi connectivity index (χ0n) is 17.0. The summed E-state index contributed by atoms with van der Waals surface area (Å²) in [4.78, 5) is 14.8. The zero-order chi connectivity index (χ0) is 21.1. The largest absolute Gasteiger partial charge is 0.471 e. The second-order valence-electron chi connectivity index (χ2n) is 7.78. The van der Waals surface area contributed by atoms with Crippen molar-refractivity contribution in [2.45, 2.75) is 43.6 Å². The summed E-state index contributed by atoms with van der Waals surface area (Å²) in [7, 11) is -3.49. The number of carbonyl (C=O) groups excluding carboxylic acids is 1. The lowest BCUT2D eigenvalue weighted by molar-refractivity contribution is 0.0771. The monoisotopic (exact) mass is 430 g/mol. The van der Waals surface area contributed by atoms with Gasteiger partial charge in [0.05, 0.1) is 17.1 Å². The van der Waals surface area contributed by atoms with Crippen LogP contribution in [0.4, 0.5) is 0 Å². The zero-order valence-corrected chi connectivity index (χ0v) is 17.8. The van der Waals surface area contributed by atoms with Crippen molar-refractivity contribution < 1.29 is 17.9 Å². The van der Waals surface area contributed by atoms with E-state index in [1.807, 2.05) is 13.0 Å². The number of aryl methyl sites for hydroxylation is 1. The number of rotatable bonds is 5. The van der Waals surface area contributed by atoms with Crippen LogP contribution >= 0.6 is 0 Å². The van der Waals surface area contributed by atoms with Crippen LogP contribution in [0.1, 0.15) is 41.7 Å². The lowest BCUT2D eigenvalue weighted by Crippen LogP contribution is -2.35. The number of hydrogen-bond donors (Lipinski definition) is 0. The Labute approximate surface area is 176 Å².